The summed E-state index contributed by atoms with van der Waals surface area (Å²) in [6, 6.07) is 1.53. The Hall–Kier alpha value is -1.75. The number of ether oxygens (including phenoxy) is 1. The van der Waals surface area contributed by atoms with Gasteiger partial charge in [0.2, 0.25) is 0 Å². The van der Waals surface area contributed by atoms with Crippen LogP contribution in [0.3, 0.4) is 0 Å². The van der Waals surface area contributed by atoms with Crippen molar-refractivity contribution in [2.24, 2.45) is 23.7 Å². The quantitative estimate of drug-likeness (QED) is 0.588. The van der Waals surface area contributed by atoms with Crippen LogP contribution in [0.15, 0.2) is 18.2 Å². The van der Waals surface area contributed by atoms with E-state index < -0.39 is 5.97 Å². The molecule has 3 aliphatic rings. The molecule has 4 nitrogen and oxygen atoms in total. The number of Topliss-reactive ketones (excluding diaryl/α,β-unsaturated/α-hetero) is 2. The minimum absolute atomic E-state index is 0.0212. The van der Waals surface area contributed by atoms with E-state index in [0.29, 0.717) is 15.3 Å². The molecule has 3 aliphatic carbocycles. The van der Waals surface area contributed by atoms with Gasteiger partial charge in [0.1, 0.15) is 4.88 Å². The summed E-state index contributed by atoms with van der Waals surface area (Å²) in [6.07, 6.45) is 5.04. The number of thiophene rings is 1. The second kappa shape index (κ2) is 3.88. The molecule has 5 heteroatoms. The van der Waals surface area contributed by atoms with Crippen molar-refractivity contribution >= 4 is 28.9 Å². The highest BCUT2D eigenvalue weighted by atomic mass is 32.1. The first kappa shape index (κ1) is 12.0. The molecule has 4 unspecified atom stereocenters. The van der Waals surface area contributed by atoms with Gasteiger partial charge in [-0.1, -0.05) is 12.2 Å². The van der Waals surface area contributed by atoms with Crippen molar-refractivity contribution in [3.8, 4) is 0 Å². The van der Waals surface area contributed by atoms with Gasteiger partial charge in [-0.25, -0.2) is 4.79 Å². The van der Waals surface area contributed by atoms with Gasteiger partial charge in [0.25, 0.3) is 0 Å². The summed E-state index contributed by atoms with van der Waals surface area (Å²) >= 11 is 1.09. The highest BCUT2D eigenvalue weighted by Crippen LogP contribution is 2.53. The lowest BCUT2D eigenvalue weighted by atomic mass is 9.72. The monoisotopic (exact) mass is 288 g/mol. The average molecular weight is 288 g/mol. The van der Waals surface area contributed by atoms with Crippen LogP contribution in [0.4, 0.5) is 0 Å². The summed E-state index contributed by atoms with van der Waals surface area (Å²) in [5.41, 5.74) is 0.419. The molecule has 1 aromatic heterocycles. The molecule has 2 bridgehead atoms. The predicted molar refractivity (Wildman–Crippen MR) is 72.0 cm³/mol. The fourth-order valence-electron chi connectivity index (χ4n) is 3.83. The molecular formula is C15H12O4S. The fraction of sp³-hybridized carbons (Fsp3) is 0.400. The molecule has 102 valence electrons. The molecule has 0 radical (unpaired) electrons. The number of hydrogen-bond acceptors (Lipinski definition) is 5. The zero-order valence-corrected chi connectivity index (χ0v) is 11.6. The Balaban J connectivity index is 1.84. The van der Waals surface area contributed by atoms with Gasteiger partial charge in [0.15, 0.2) is 11.6 Å². The summed E-state index contributed by atoms with van der Waals surface area (Å²) in [5, 5.41) is 0. The molecule has 1 saturated carbocycles. The van der Waals surface area contributed by atoms with E-state index in [1.807, 2.05) is 0 Å². The van der Waals surface area contributed by atoms with Gasteiger partial charge < -0.3 is 4.74 Å². The van der Waals surface area contributed by atoms with E-state index >= 15 is 0 Å². The maximum absolute atomic E-state index is 12.6. The summed E-state index contributed by atoms with van der Waals surface area (Å²) in [4.78, 5) is 37.6. The van der Waals surface area contributed by atoms with Crippen LogP contribution < -0.4 is 0 Å². The minimum Gasteiger partial charge on any atom is -0.465 e. The van der Waals surface area contributed by atoms with Crippen LogP contribution in [0, 0.1) is 23.7 Å². The number of ketones is 2. The Morgan fingerprint density at radius 1 is 1.20 bits per heavy atom. The third-order valence-electron chi connectivity index (χ3n) is 4.67. The summed E-state index contributed by atoms with van der Waals surface area (Å²) in [7, 11) is 1.30. The van der Waals surface area contributed by atoms with Crippen LogP contribution in [0.25, 0.3) is 0 Å². The molecule has 20 heavy (non-hydrogen) atoms. The normalized spacial score (nSPS) is 33.2. The first-order valence-electron chi connectivity index (χ1n) is 6.60. The number of allylic oxidation sites excluding steroid dienone is 2. The van der Waals surface area contributed by atoms with E-state index in [2.05, 4.69) is 16.9 Å². The smallest absolute Gasteiger partial charge is 0.348 e. The van der Waals surface area contributed by atoms with Crippen LogP contribution in [0.1, 0.15) is 36.1 Å². The number of methoxy groups -OCH3 is 1. The number of rotatable bonds is 1. The Kier molecular flexibility index (Phi) is 2.33. The van der Waals surface area contributed by atoms with Crippen molar-refractivity contribution in [2.75, 3.05) is 7.11 Å². The lowest BCUT2D eigenvalue weighted by Crippen LogP contribution is -2.37. The molecule has 1 fully saturated rings. The maximum Gasteiger partial charge on any atom is 0.348 e. The van der Waals surface area contributed by atoms with Crippen LogP contribution in [0.2, 0.25) is 0 Å². The summed E-state index contributed by atoms with van der Waals surface area (Å²) in [6.45, 7) is 0. The molecule has 0 N–H and O–H groups in total. The molecule has 0 aliphatic heterocycles. The largest absolute Gasteiger partial charge is 0.465 e. The van der Waals surface area contributed by atoms with E-state index in [0.717, 1.165) is 17.8 Å². The lowest BCUT2D eigenvalue weighted by Gasteiger charge is -2.29. The molecule has 1 aromatic rings. The molecule has 4 rings (SSSR count). The second-order valence-electron chi connectivity index (χ2n) is 5.57. The van der Waals surface area contributed by atoms with Crippen molar-refractivity contribution < 1.29 is 19.1 Å². The van der Waals surface area contributed by atoms with Crippen molar-refractivity contribution in [3.05, 3.63) is 33.5 Å². The first-order chi connectivity index (χ1) is 9.61. The van der Waals surface area contributed by atoms with E-state index in [1.54, 1.807) is 0 Å². The van der Waals surface area contributed by atoms with E-state index in [1.165, 1.54) is 13.2 Å². The third-order valence-corrected chi connectivity index (χ3v) is 5.80. The SMILES string of the molecule is COC(=O)c1cc2c(s1)C(=O)C1C3C=CC(C3)C1C2=O. The molecule has 0 amide bonds. The topological polar surface area (TPSA) is 60.4 Å². The van der Waals surface area contributed by atoms with Crippen molar-refractivity contribution in [2.45, 2.75) is 6.42 Å². The Morgan fingerprint density at radius 3 is 2.50 bits per heavy atom. The molecule has 4 atom stereocenters. The van der Waals surface area contributed by atoms with Crippen LogP contribution in [0.5, 0.6) is 0 Å². The van der Waals surface area contributed by atoms with Crippen LogP contribution in [-0.2, 0) is 4.74 Å². The van der Waals surface area contributed by atoms with Crippen molar-refractivity contribution in [1.29, 1.82) is 0 Å². The lowest BCUT2D eigenvalue weighted by molar-refractivity contribution is 0.0606. The number of esters is 1. The number of carbonyl (C=O) groups excluding carboxylic acids is 3. The van der Waals surface area contributed by atoms with Gasteiger partial charge in [0, 0.05) is 17.4 Å². The van der Waals surface area contributed by atoms with Gasteiger partial charge >= 0.3 is 5.97 Å². The molecular weight excluding hydrogens is 276 g/mol. The van der Waals surface area contributed by atoms with Gasteiger partial charge in [-0.05, 0) is 24.3 Å². The van der Waals surface area contributed by atoms with Crippen LogP contribution in [-0.4, -0.2) is 24.6 Å². The molecule has 0 spiro atoms. The fourth-order valence-corrected chi connectivity index (χ4v) is 4.90. The van der Waals surface area contributed by atoms with Crippen molar-refractivity contribution in [3.63, 3.8) is 0 Å². The van der Waals surface area contributed by atoms with Gasteiger partial charge in [-0.2, -0.15) is 0 Å². The number of carbonyl (C=O) groups is 3. The zero-order chi connectivity index (χ0) is 14.0. The molecule has 0 saturated heterocycles. The highest BCUT2D eigenvalue weighted by molar-refractivity contribution is 7.16. The Labute approximate surface area is 119 Å². The van der Waals surface area contributed by atoms with Crippen LogP contribution >= 0.6 is 11.3 Å². The highest BCUT2D eigenvalue weighted by Gasteiger charge is 2.55. The number of hydrogen-bond donors (Lipinski definition) is 0. The second-order valence-corrected chi connectivity index (χ2v) is 6.63. The summed E-state index contributed by atoms with van der Waals surface area (Å²) < 4.78 is 4.67. The standard InChI is InChI=1S/C15H12O4S/c1-19-15(18)9-5-8-12(16)10-6-2-3-7(4-6)11(10)13(17)14(8)20-9/h2-3,5-7,10-11H,4H2,1H3. The van der Waals surface area contributed by atoms with E-state index in [4.69, 9.17) is 0 Å². The van der Waals surface area contributed by atoms with Gasteiger partial charge in [-0.15, -0.1) is 11.3 Å². The number of fused-ring (bicyclic) bond motifs is 6. The molecule has 1 heterocycles. The van der Waals surface area contributed by atoms with Gasteiger partial charge in [-0.3, -0.25) is 9.59 Å². The van der Waals surface area contributed by atoms with Crippen molar-refractivity contribution in [1.82, 2.24) is 0 Å². The minimum atomic E-state index is -0.490. The maximum atomic E-state index is 12.6. The first-order valence-corrected chi connectivity index (χ1v) is 7.42. The Morgan fingerprint density at radius 2 is 1.85 bits per heavy atom. The molecule has 0 aromatic carbocycles. The summed E-state index contributed by atoms with van der Waals surface area (Å²) in [5.74, 6) is -0.487. The zero-order valence-electron chi connectivity index (χ0n) is 10.8. The van der Waals surface area contributed by atoms with Gasteiger partial charge in [0.05, 0.1) is 12.0 Å². The third kappa shape index (κ3) is 1.33. The van der Waals surface area contributed by atoms with E-state index in [-0.39, 0.29) is 35.2 Å². The van der Waals surface area contributed by atoms with E-state index in [9.17, 15) is 14.4 Å². The Bertz CT molecular complexity index is 637. The predicted octanol–water partition coefficient (Wildman–Crippen LogP) is 2.35. The average Bonchev–Trinajstić information content (AvgIpc) is 3.15.